The summed E-state index contributed by atoms with van der Waals surface area (Å²) < 4.78 is 13.0. The number of nitrogens with two attached hydrogens (primary N) is 1. The minimum atomic E-state index is -0.511. The van der Waals surface area contributed by atoms with Crippen molar-refractivity contribution in [3.63, 3.8) is 0 Å². The number of anilines is 2. The van der Waals surface area contributed by atoms with Crippen LogP contribution in [-0.2, 0) is 4.79 Å². The minimum absolute atomic E-state index is 0.00480. The van der Waals surface area contributed by atoms with E-state index in [4.69, 9.17) is 17.3 Å². The van der Waals surface area contributed by atoms with E-state index in [1.807, 2.05) is 0 Å². The largest absolute Gasteiger partial charge is 0.396 e. The van der Waals surface area contributed by atoms with E-state index < -0.39 is 5.82 Å². The summed E-state index contributed by atoms with van der Waals surface area (Å²) in [6, 6.07) is 7.47. The second-order valence-corrected chi connectivity index (χ2v) is 5.32. The Balaban J connectivity index is 1.89. The van der Waals surface area contributed by atoms with Gasteiger partial charge >= 0.3 is 0 Å². The molecule has 0 bridgehead atoms. The molecule has 2 aromatic rings. The summed E-state index contributed by atoms with van der Waals surface area (Å²) in [4.78, 5) is 15.8. The first-order valence-corrected chi connectivity index (χ1v) is 7.00. The highest BCUT2D eigenvalue weighted by Crippen LogP contribution is 2.19. The topological polar surface area (TPSA) is 68.0 Å². The van der Waals surface area contributed by atoms with Crippen molar-refractivity contribution >= 4 is 40.6 Å². The molecule has 0 aliphatic heterocycles. The zero-order valence-corrected chi connectivity index (χ0v) is 11.8. The number of hydrogen-bond donors (Lipinski definition) is 2. The summed E-state index contributed by atoms with van der Waals surface area (Å²) in [6.07, 6.45) is 1.52. The molecule has 1 aromatic carbocycles. The quantitative estimate of drug-likeness (QED) is 0.672. The molecule has 0 unspecified atom stereocenters. The van der Waals surface area contributed by atoms with Crippen molar-refractivity contribution in [1.82, 2.24) is 4.98 Å². The van der Waals surface area contributed by atoms with Gasteiger partial charge in [0.2, 0.25) is 5.91 Å². The van der Waals surface area contributed by atoms with Crippen LogP contribution in [0.25, 0.3) is 0 Å². The molecule has 2 rings (SSSR count). The van der Waals surface area contributed by atoms with Crippen LogP contribution in [0.3, 0.4) is 0 Å². The molecule has 1 heterocycles. The van der Waals surface area contributed by atoms with E-state index in [-0.39, 0.29) is 17.3 Å². The zero-order valence-electron chi connectivity index (χ0n) is 10.3. The third-order valence-electron chi connectivity index (χ3n) is 2.33. The van der Waals surface area contributed by atoms with Gasteiger partial charge in [0.25, 0.3) is 0 Å². The first-order chi connectivity index (χ1) is 9.54. The van der Waals surface area contributed by atoms with Crippen molar-refractivity contribution < 1.29 is 9.18 Å². The van der Waals surface area contributed by atoms with Crippen molar-refractivity contribution in [2.45, 2.75) is 5.03 Å². The highest BCUT2D eigenvalue weighted by atomic mass is 35.5. The average Bonchev–Trinajstić information content (AvgIpc) is 2.42. The number of halogens is 2. The molecule has 4 nitrogen and oxygen atoms in total. The molecule has 0 spiro atoms. The monoisotopic (exact) mass is 311 g/mol. The van der Waals surface area contributed by atoms with E-state index in [9.17, 15) is 9.18 Å². The van der Waals surface area contributed by atoms with Gasteiger partial charge in [-0.2, -0.15) is 0 Å². The zero-order chi connectivity index (χ0) is 14.5. The Bertz CT molecular complexity index is 622. The van der Waals surface area contributed by atoms with Gasteiger partial charge in [-0.25, -0.2) is 9.37 Å². The number of amides is 1. The Kier molecular flexibility index (Phi) is 4.81. The van der Waals surface area contributed by atoms with E-state index in [0.717, 1.165) is 0 Å². The highest BCUT2D eigenvalue weighted by molar-refractivity contribution is 7.99. The Hall–Kier alpha value is -1.79. The molecule has 20 heavy (non-hydrogen) atoms. The molecule has 0 saturated carbocycles. The number of hydrogen-bond acceptors (Lipinski definition) is 4. The summed E-state index contributed by atoms with van der Waals surface area (Å²) in [5.74, 6) is -0.549. The molecule has 0 saturated heterocycles. The Morgan fingerprint density at radius 2 is 2.20 bits per heavy atom. The minimum Gasteiger partial charge on any atom is -0.396 e. The highest BCUT2D eigenvalue weighted by Gasteiger charge is 2.06. The van der Waals surface area contributed by atoms with Crippen molar-refractivity contribution in [1.29, 1.82) is 0 Å². The molecule has 0 radical (unpaired) electrons. The van der Waals surface area contributed by atoms with E-state index in [0.29, 0.717) is 15.7 Å². The molecule has 1 amide bonds. The van der Waals surface area contributed by atoms with Crippen LogP contribution >= 0.6 is 23.4 Å². The van der Waals surface area contributed by atoms with Gasteiger partial charge in [-0.05, 0) is 30.3 Å². The number of nitrogens with zero attached hydrogens (tertiary/aromatic N) is 1. The molecule has 3 N–H and O–H groups in total. The fraction of sp³-hybridized carbons (Fsp3) is 0.0769. The number of rotatable bonds is 4. The number of carbonyl (C=O) groups excluding carboxylic acids is 1. The normalized spacial score (nSPS) is 10.3. The third-order valence-corrected chi connectivity index (χ3v) is 3.50. The maximum atomic E-state index is 13.0. The van der Waals surface area contributed by atoms with E-state index >= 15 is 0 Å². The third kappa shape index (κ3) is 4.11. The molecule has 0 aliphatic rings. The second-order valence-electron chi connectivity index (χ2n) is 3.89. The van der Waals surface area contributed by atoms with Gasteiger partial charge in [0, 0.05) is 11.9 Å². The molecule has 1 aromatic heterocycles. The van der Waals surface area contributed by atoms with Crippen molar-refractivity contribution in [3.8, 4) is 0 Å². The first-order valence-electron chi connectivity index (χ1n) is 5.64. The lowest BCUT2D eigenvalue weighted by Gasteiger charge is -2.06. The van der Waals surface area contributed by atoms with Crippen LogP contribution in [0, 0.1) is 5.82 Å². The molecule has 0 fully saturated rings. The summed E-state index contributed by atoms with van der Waals surface area (Å²) >= 11 is 6.99. The smallest absolute Gasteiger partial charge is 0.234 e. The second kappa shape index (κ2) is 6.58. The van der Waals surface area contributed by atoms with E-state index in [1.165, 1.54) is 36.2 Å². The number of thioether (sulfide) groups is 1. The van der Waals surface area contributed by atoms with Gasteiger partial charge in [-0.1, -0.05) is 23.4 Å². The SMILES string of the molecule is Nc1cc(NC(=O)CSc2ccc(Cl)cn2)ccc1F. The van der Waals surface area contributed by atoms with Crippen molar-refractivity contribution in [2.75, 3.05) is 16.8 Å². The molecule has 7 heteroatoms. The first kappa shape index (κ1) is 14.6. The summed E-state index contributed by atoms with van der Waals surface area (Å²) in [5.41, 5.74) is 5.87. The fourth-order valence-electron chi connectivity index (χ4n) is 1.41. The lowest BCUT2D eigenvalue weighted by atomic mass is 10.2. The lowest BCUT2D eigenvalue weighted by molar-refractivity contribution is -0.113. The van der Waals surface area contributed by atoms with Crippen LogP contribution in [0.2, 0.25) is 5.02 Å². The van der Waals surface area contributed by atoms with Gasteiger partial charge in [0.1, 0.15) is 5.82 Å². The number of pyridine rings is 1. The average molecular weight is 312 g/mol. The lowest BCUT2D eigenvalue weighted by Crippen LogP contribution is -2.14. The van der Waals surface area contributed by atoms with Crippen LogP contribution in [0.1, 0.15) is 0 Å². The maximum absolute atomic E-state index is 13.0. The Labute approximate surface area is 124 Å². The van der Waals surface area contributed by atoms with Crippen molar-refractivity contribution in [3.05, 3.63) is 47.4 Å². The van der Waals surface area contributed by atoms with Gasteiger partial charge in [-0.3, -0.25) is 4.79 Å². The maximum Gasteiger partial charge on any atom is 0.234 e. The van der Waals surface area contributed by atoms with E-state index in [1.54, 1.807) is 12.1 Å². The van der Waals surface area contributed by atoms with Gasteiger partial charge in [0.15, 0.2) is 0 Å². The van der Waals surface area contributed by atoms with E-state index in [2.05, 4.69) is 10.3 Å². The molecule has 0 aliphatic carbocycles. The summed E-state index contributed by atoms with van der Waals surface area (Å²) in [7, 11) is 0. The van der Waals surface area contributed by atoms with Crippen LogP contribution in [-0.4, -0.2) is 16.6 Å². The van der Waals surface area contributed by atoms with Gasteiger partial charge in [0.05, 0.1) is 21.5 Å². The number of benzene rings is 1. The number of nitrogens with one attached hydrogen (secondary N) is 1. The summed E-state index contributed by atoms with van der Waals surface area (Å²) in [5, 5.41) is 3.87. The number of nitrogen functional groups attached to an aromatic ring is 1. The Morgan fingerprint density at radius 3 is 2.85 bits per heavy atom. The number of carbonyl (C=O) groups is 1. The van der Waals surface area contributed by atoms with Crippen LogP contribution in [0.5, 0.6) is 0 Å². The number of aromatic nitrogens is 1. The predicted octanol–water partition coefficient (Wildman–Crippen LogP) is 3.19. The van der Waals surface area contributed by atoms with Gasteiger partial charge in [-0.15, -0.1) is 0 Å². The van der Waals surface area contributed by atoms with Crippen molar-refractivity contribution in [2.24, 2.45) is 0 Å². The van der Waals surface area contributed by atoms with Crippen LogP contribution in [0.15, 0.2) is 41.6 Å². The Morgan fingerprint density at radius 1 is 1.40 bits per heavy atom. The van der Waals surface area contributed by atoms with Crippen LogP contribution in [0.4, 0.5) is 15.8 Å². The van der Waals surface area contributed by atoms with Gasteiger partial charge < -0.3 is 11.1 Å². The molecular formula is C13H11ClFN3OS. The molecule has 104 valence electrons. The fourth-order valence-corrected chi connectivity index (χ4v) is 2.16. The molecular weight excluding hydrogens is 301 g/mol. The van der Waals surface area contributed by atoms with Crippen LogP contribution < -0.4 is 11.1 Å². The summed E-state index contributed by atoms with van der Waals surface area (Å²) in [6.45, 7) is 0. The molecule has 0 atom stereocenters. The predicted molar refractivity (Wildman–Crippen MR) is 79.4 cm³/mol. The standard InChI is InChI=1S/C13H11ClFN3OS/c14-8-1-4-13(17-6-8)20-7-12(19)18-9-2-3-10(15)11(16)5-9/h1-6H,7,16H2,(H,18,19).